The van der Waals surface area contributed by atoms with Gasteiger partial charge < -0.3 is 5.32 Å². The number of hydrogen-bond donors (Lipinski definition) is 1. The fraction of sp³-hybridized carbons (Fsp3) is 0. The summed E-state index contributed by atoms with van der Waals surface area (Å²) in [5.74, 6) is -0.109. The van der Waals surface area contributed by atoms with Crippen molar-refractivity contribution in [3.8, 4) is 0 Å². The van der Waals surface area contributed by atoms with Gasteiger partial charge in [0.15, 0.2) is 0 Å². The van der Waals surface area contributed by atoms with Gasteiger partial charge in [0.1, 0.15) is 0 Å². The van der Waals surface area contributed by atoms with Crippen LogP contribution in [0.2, 0.25) is 0 Å². The van der Waals surface area contributed by atoms with Crippen molar-refractivity contribution in [2.45, 2.75) is 0 Å². The number of halogens is 3. The van der Waals surface area contributed by atoms with Crippen LogP contribution in [0.15, 0.2) is 46.9 Å². The molecule has 0 aliphatic carbocycles. The summed E-state index contributed by atoms with van der Waals surface area (Å²) >= 11 is 7.80. The molecule has 0 aliphatic heterocycles. The van der Waals surface area contributed by atoms with Crippen molar-refractivity contribution >= 4 is 72.7 Å². The minimum absolute atomic E-state index is 0.109. The summed E-state index contributed by atoms with van der Waals surface area (Å²) in [7, 11) is 0. The van der Waals surface area contributed by atoms with Gasteiger partial charge in [-0.3, -0.25) is 4.79 Å². The Labute approximate surface area is 141 Å². The van der Waals surface area contributed by atoms with Crippen molar-refractivity contribution in [1.82, 2.24) is 0 Å². The normalized spacial score (nSPS) is 10.2. The first-order chi connectivity index (χ1) is 8.56. The largest absolute Gasteiger partial charge is 0.322 e. The van der Waals surface area contributed by atoms with Crippen LogP contribution < -0.4 is 5.32 Å². The lowest BCUT2D eigenvalue weighted by atomic mass is 10.2. The van der Waals surface area contributed by atoms with Crippen molar-refractivity contribution in [1.29, 1.82) is 0 Å². The van der Waals surface area contributed by atoms with Crippen molar-refractivity contribution in [2.75, 3.05) is 5.32 Å². The van der Waals surface area contributed by atoms with E-state index in [1.807, 2.05) is 42.5 Å². The van der Waals surface area contributed by atoms with Gasteiger partial charge in [0, 0.05) is 17.3 Å². The van der Waals surface area contributed by atoms with Gasteiger partial charge >= 0.3 is 0 Å². The molecule has 0 radical (unpaired) electrons. The van der Waals surface area contributed by atoms with Crippen LogP contribution >= 0.6 is 61.1 Å². The van der Waals surface area contributed by atoms with E-state index in [1.54, 1.807) is 0 Å². The highest BCUT2D eigenvalue weighted by molar-refractivity contribution is 14.1. The second-order valence-corrected chi connectivity index (χ2v) is 6.93. The summed E-state index contributed by atoms with van der Waals surface area (Å²) in [4.78, 5) is 12.2. The number of anilines is 1. The van der Waals surface area contributed by atoms with Gasteiger partial charge in [-0.05, 0) is 97.5 Å². The van der Waals surface area contributed by atoms with E-state index < -0.39 is 0 Å². The molecule has 2 rings (SSSR count). The maximum atomic E-state index is 12.2. The van der Waals surface area contributed by atoms with Crippen molar-refractivity contribution in [3.63, 3.8) is 0 Å². The third-order valence-corrected chi connectivity index (χ3v) is 4.29. The first-order valence-electron chi connectivity index (χ1n) is 5.08. The molecule has 0 aliphatic rings. The molecule has 92 valence electrons. The van der Waals surface area contributed by atoms with Crippen molar-refractivity contribution < 1.29 is 4.79 Å². The van der Waals surface area contributed by atoms with Gasteiger partial charge in [-0.25, -0.2) is 0 Å². The van der Waals surface area contributed by atoms with Gasteiger partial charge in [0.25, 0.3) is 5.91 Å². The van der Waals surface area contributed by atoms with Gasteiger partial charge in [0.05, 0.1) is 5.56 Å². The molecule has 2 nitrogen and oxygen atoms in total. The van der Waals surface area contributed by atoms with Crippen LogP contribution in [-0.4, -0.2) is 5.91 Å². The molecule has 0 spiro atoms. The lowest BCUT2D eigenvalue weighted by molar-refractivity contribution is 0.102. The Morgan fingerprint density at radius 3 is 2.50 bits per heavy atom. The average Bonchev–Trinajstić information content (AvgIpc) is 2.32. The van der Waals surface area contributed by atoms with E-state index in [0.717, 1.165) is 17.3 Å². The molecule has 2 aromatic rings. The Bertz CT molecular complexity index is 601. The molecule has 1 amide bonds. The summed E-state index contributed by atoms with van der Waals surface area (Å²) in [6.45, 7) is 0. The average molecular weight is 528 g/mol. The highest BCUT2D eigenvalue weighted by Crippen LogP contribution is 2.21. The summed E-state index contributed by atoms with van der Waals surface area (Å²) in [6, 6.07) is 13.4. The second kappa shape index (κ2) is 6.33. The topological polar surface area (TPSA) is 29.1 Å². The quantitative estimate of drug-likeness (QED) is 0.553. The third-order valence-electron chi connectivity index (χ3n) is 2.26. The Morgan fingerprint density at radius 1 is 1.06 bits per heavy atom. The lowest BCUT2D eigenvalue weighted by Crippen LogP contribution is -2.12. The monoisotopic (exact) mass is 527 g/mol. The summed E-state index contributed by atoms with van der Waals surface area (Å²) < 4.78 is 2.92. The van der Waals surface area contributed by atoms with Crippen LogP contribution in [0.3, 0.4) is 0 Å². The molecule has 0 unspecified atom stereocenters. The molecule has 18 heavy (non-hydrogen) atoms. The van der Waals surface area contributed by atoms with E-state index in [4.69, 9.17) is 0 Å². The fourth-order valence-corrected chi connectivity index (χ4v) is 2.90. The van der Waals surface area contributed by atoms with Crippen LogP contribution in [-0.2, 0) is 0 Å². The van der Waals surface area contributed by atoms with Gasteiger partial charge in [-0.1, -0.05) is 6.07 Å². The zero-order valence-electron chi connectivity index (χ0n) is 9.08. The molecule has 5 heteroatoms. The van der Waals surface area contributed by atoms with Crippen LogP contribution in [0.1, 0.15) is 10.4 Å². The van der Waals surface area contributed by atoms with Gasteiger partial charge in [-0.2, -0.15) is 0 Å². The molecule has 0 saturated heterocycles. The maximum Gasteiger partial charge on any atom is 0.256 e. The molecular formula is C13H8BrI2NO. The molecule has 0 fully saturated rings. The summed E-state index contributed by atoms with van der Waals surface area (Å²) in [5.41, 5.74) is 1.44. The Balaban J connectivity index is 2.24. The molecule has 0 saturated carbocycles. The van der Waals surface area contributed by atoms with E-state index >= 15 is 0 Å². The predicted octanol–water partition coefficient (Wildman–Crippen LogP) is 4.91. The highest BCUT2D eigenvalue weighted by Gasteiger charge is 2.10. The highest BCUT2D eigenvalue weighted by atomic mass is 127. The molecule has 1 N–H and O–H groups in total. The third kappa shape index (κ3) is 3.67. The number of hydrogen-bond acceptors (Lipinski definition) is 1. The van der Waals surface area contributed by atoms with Crippen molar-refractivity contribution in [2.24, 2.45) is 0 Å². The first kappa shape index (κ1) is 14.3. The smallest absolute Gasteiger partial charge is 0.256 e. The van der Waals surface area contributed by atoms with E-state index in [2.05, 4.69) is 66.4 Å². The number of nitrogens with one attached hydrogen (secondary N) is 1. The summed E-state index contributed by atoms with van der Waals surface area (Å²) in [5, 5.41) is 2.89. The number of amides is 1. The number of carbonyl (C=O) groups excluding carboxylic acids is 1. The predicted molar refractivity (Wildman–Crippen MR) is 94.0 cm³/mol. The first-order valence-corrected chi connectivity index (χ1v) is 8.03. The van der Waals surface area contributed by atoms with E-state index in [0.29, 0.717) is 5.56 Å². The Morgan fingerprint density at radius 2 is 1.78 bits per heavy atom. The maximum absolute atomic E-state index is 12.2. The van der Waals surface area contributed by atoms with Crippen LogP contribution in [0.4, 0.5) is 5.69 Å². The summed E-state index contributed by atoms with van der Waals surface area (Å²) in [6.07, 6.45) is 0. The second-order valence-electron chi connectivity index (χ2n) is 3.59. The zero-order chi connectivity index (χ0) is 13.1. The Hall–Kier alpha value is -0.150. The molecule has 0 heterocycles. The standard InChI is InChI=1S/C13H8BrI2NO/c14-12-5-4-9(16)7-11(12)13(18)17-10-3-1-2-8(15)6-10/h1-7H,(H,17,18). The number of benzene rings is 2. The fourth-order valence-electron chi connectivity index (χ4n) is 1.44. The minimum Gasteiger partial charge on any atom is -0.322 e. The molecule has 0 aromatic heterocycles. The SMILES string of the molecule is O=C(Nc1cccc(I)c1)c1cc(I)ccc1Br. The lowest BCUT2D eigenvalue weighted by Gasteiger charge is -2.07. The molecule has 2 aromatic carbocycles. The number of rotatable bonds is 2. The molecule has 0 bridgehead atoms. The van der Waals surface area contributed by atoms with Gasteiger partial charge in [-0.15, -0.1) is 0 Å². The van der Waals surface area contributed by atoms with E-state index in [9.17, 15) is 4.79 Å². The molecular weight excluding hydrogens is 520 g/mol. The Kier molecular flexibility index (Phi) is 5.02. The van der Waals surface area contributed by atoms with Crippen molar-refractivity contribution in [3.05, 3.63) is 59.6 Å². The van der Waals surface area contributed by atoms with E-state index in [1.165, 1.54) is 0 Å². The molecule has 0 atom stereocenters. The van der Waals surface area contributed by atoms with Crippen LogP contribution in [0.5, 0.6) is 0 Å². The zero-order valence-corrected chi connectivity index (χ0v) is 15.0. The number of carbonyl (C=O) groups is 1. The minimum atomic E-state index is -0.109. The van der Waals surface area contributed by atoms with E-state index in [-0.39, 0.29) is 5.91 Å². The van der Waals surface area contributed by atoms with Gasteiger partial charge in [0.2, 0.25) is 0 Å². The van der Waals surface area contributed by atoms with Crippen LogP contribution in [0, 0.1) is 7.14 Å². The van der Waals surface area contributed by atoms with Crippen LogP contribution in [0.25, 0.3) is 0 Å².